The van der Waals surface area contributed by atoms with E-state index in [0.29, 0.717) is 18.4 Å². The van der Waals surface area contributed by atoms with Crippen LogP contribution in [0.15, 0.2) is 0 Å². The van der Waals surface area contributed by atoms with Crippen LogP contribution in [0.3, 0.4) is 0 Å². The maximum atomic E-state index is 11.9. The van der Waals surface area contributed by atoms with Gasteiger partial charge in [-0.1, -0.05) is 27.7 Å². The van der Waals surface area contributed by atoms with E-state index in [0.717, 1.165) is 13.0 Å². The monoisotopic (exact) mass is 229 g/mol. The zero-order valence-corrected chi connectivity index (χ0v) is 11.6. The Bertz CT molecular complexity index is 200. The number of esters is 1. The molecule has 0 radical (unpaired) electrons. The first-order valence-electron chi connectivity index (χ1n) is 6.16. The molecule has 0 rings (SSSR count). The molecule has 0 saturated heterocycles. The lowest BCUT2D eigenvalue weighted by Crippen LogP contribution is -2.27. The molecular formula is C13H27NO2. The minimum Gasteiger partial charge on any atom is -0.464 e. The summed E-state index contributed by atoms with van der Waals surface area (Å²) < 4.78 is 5.30. The largest absolute Gasteiger partial charge is 0.464 e. The Kier molecular flexibility index (Phi) is 7.39. The number of ether oxygens (including phenoxy) is 1. The van der Waals surface area contributed by atoms with Crippen LogP contribution < -0.4 is 0 Å². The number of hydrogen-bond acceptors (Lipinski definition) is 3. The van der Waals surface area contributed by atoms with Crippen molar-refractivity contribution in [1.29, 1.82) is 0 Å². The summed E-state index contributed by atoms with van der Waals surface area (Å²) in [7, 11) is 3.95. The number of likely N-dealkylation sites (N-methyl/N-ethyl adjacent to an activating group) is 1. The van der Waals surface area contributed by atoms with Crippen molar-refractivity contribution in [2.75, 3.05) is 27.2 Å². The molecule has 0 aromatic carbocycles. The van der Waals surface area contributed by atoms with Gasteiger partial charge in [-0.2, -0.15) is 0 Å². The van der Waals surface area contributed by atoms with Crippen molar-refractivity contribution in [2.45, 2.75) is 34.1 Å². The van der Waals surface area contributed by atoms with Gasteiger partial charge in [0.2, 0.25) is 0 Å². The quantitative estimate of drug-likeness (QED) is 0.628. The Labute approximate surface area is 100 Å². The molecule has 0 bridgehead atoms. The second-order valence-corrected chi connectivity index (χ2v) is 5.45. The Morgan fingerprint density at radius 2 is 1.75 bits per heavy atom. The minimum absolute atomic E-state index is 0.0365. The zero-order chi connectivity index (χ0) is 12.7. The third-order valence-electron chi connectivity index (χ3n) is 2.62. The highest BCUT2D eigenvalue weighted by Gasteiger charge is 2.24. The summed E-state index contributed by atoms with van der Waals surface area (Å²) in [5.41, 5.74) is 0. The standard InChI is InChI=1S/C13H27NO2/c1-10(2)9-12(11(3)4)13(15)16-8-7-14(5)6/h10-12H,7-9H2,1-6H3. The van der Waals surface area contributed by atoms with Gasteiger partial charge in [-0.15, -0.1) is 0 Å². The highest BCUT2D eigenvalue weighted by molar-refractivity contribution is 5.72. The average molecular weight is 229 g/mol. The van der Waals surface area contributed by atoms with Gasteiger partial charge in [0.15, 0.2) is 0 Å². The van der Waals surface area contributed by atoms with Gasteiger partial charge in [0.1, 0.15) is 6.61 Å². The number of rotatable bonds is 7. The molecule has 0 aromatic heterocycles. The number of nitrogens with zero attached hydrogens (tertiary/aromatic N) is 1. The molecule has 0 heterocycles. The Hall–Kier alpha value is -0.570. The fourth-order valence-corrected chi connectivity index (χ4v) is 1.58. The molecule has 0 amide bonds. The van der Waals surface area contributed by atoms with Gasteiger partial charge >= 0.3 is 5.97 Å². The SMILES string of the molecule is CC(C)CC(C(=O)OCCN(C)C)C(C)C. The lowest BCUT2D eigenvalue weighted by molar-refractivity contribution is -0.151. The van der Waals surface area contributed by atoms with Crippen LogP contribution in [0.5, 0.6) is 0 Å². The molecule has 0 aliphatic carbocycles. The molecule has 3 heteroatoms. The number of carbonyl (C=O) groups excluding carboxylic acids is 1. The smallest absolute Gasteiger partial charge is 0.309 e. The number of hydrogen-bond donors (Lipinski definition) is 0. The first-order valence-corrected chi connectivity index (χ1v) is 6.16. The molecule has 96 valence electrons. The maximum absolute atomic E-state index is 11.9. The maximum Gasteiger partial charge on any atom is 0.309 e. The summed E-state index contributed by atoms with van der Waals surface area (Å²) in [5, 5.41) is 0. The molecule has 0 fully saturated rings. The van der Waals surface area contributed by atoms with E-state index in [2.05, 4.69) is 27.7 Å². The highest BCUT2D eigenvalue weighted by Crippen LogP contribution is 2.21. The summed E-state index contributed by atoms with van der Waals surface area (Å²) in [6, 6.07) is 0. The van der Waals surface area contributed by atoms with Crippen molar-refractivity contribution in [3.63, 3.8) is 0 Å². The predicted octanol–water partition coefficient (Wildman–Crippen LogP) is 2.41. The second-order valence-electron chi connectivity index (χ2n) is 5.45. The van der Waals surface area contributed by atoms with Crippen molar-refractivity contribution in [1.82, 2.24) is 4.90 Å². The fourth-order valence-electron chi connectivity index (χ4n) is 1.58. The molecule has 16 heavy (non-hydrogen) atoms. The van der Waals surface area contributed by atoms with Crippen LogP contribution in [-0.4, -0.2) is 38.1 Å². The molecule has 0 aromatic rings. The van der Waals surface area contributed by atoms with Crippen molar-refractivity contribution >= 4 is 5.97 Å². The summed E-state index contributed by atoms with van der Waals surface area (Å²) in [6.07, 6.45) is 0.915. The first-order chi connectivity index (χ1) is 7.34. The van der Waals surface area contributed by atoms with Crippen LogP contribution in [0.1, 0.15) is 34.1 Å². The minimum atomic E-state index is -0.0365. The van der Waals surface area contributed by atoms with E-state index in [9.17, 15) is 4.79 Å². The lowest BCUT2D eigenvalue weighted by atomic mass is 9.88. The van der Waals surface area contributed by atoms with Crippen LogP contribution in [0, 0.1) is 17.8 Å². The average Bonchev–Trinajstić information content (AvgIpc) is 2.12. The van der Waals surface area contributed by atoms with Crippen molar-refractivity contribution < 1.29 is 9.53 Å². The first kappa shape index (κ1) is 15.4. The van der Waals surface area contributed by atoms with Crippen molar-refractivity contribution in [2.24, 2.45) is 17.8 Å². The molecule has 0 aliphatic heterocycles. The predicted molar refractivity (Wildman–Crippen MR) is 67.3 cm³/mol. The summed E-state index contributed by atoms with van der Waals surface area (Å²) in [5.74, 6) is 0.899. The normalized spacial score (nSPS) is 13.6. The zero-order valence-electron chi connectivity index (χ0n) is 11.6. The van der Waals surface area contributed by atoms with Crippen LogP contribution in [0.4, 0.5) is 0 Å². The van der Waals surface area contributed by atoms with Crippen LogP contribution in [-0.2, 0) is 9.53 Å². The van der Waals surface area contributed by atoms with Gasteiger partial charge in [-0.05, 0) is 32.4 Å². The second kappa shape index (κ2) is 7.66. The molecule has 3 nitrogen and oxygen atoms in total. The summed E-state index contributed by atoms with van der Waals surface area (Å²) >= 11 is 0. The van der Waals surface area contributed by atoms with E-state index in [-0.39, 0.29) is 11.9 Å². The summed E-state index contributed by atoms with van der Waals surface area (Å²) in [4.78, 5) is 13.9. The number of carbonyl (C=O) groups is 1. The molecule has 1 atom stereocenters. The lowest BCUT2D eigenvalue weighted by Gasteiger charge is -2.21. The van der Waals surface area contributed by atoms with E-state index in [1.807, 2.05) is 19.0 Å². The van der Waals surface area contributed by atoms with E-state index >= 15 is 0 Å². The van der Waals surface area contributed by atoms with Gasteiger partial charge in [-0.25, -0.2) is 0 Å². The van der Waals surface area contributed by atoms with Gasteiger partial charge in [0.25, 0.3) is 0 Å². The highest BCUT2D eigenvalue weighted by atomic mass is 16.5. The van der Waals surface area contributed by atoms with E-state index in [1.165, 1.54) is 0 Å². The Morgan fingerprint density at radius 1 is 1.19 bits per heavy atom. The van der Waals surface area contributed by atoms with Gasteiger partial charge in [-0.3, -0.25) is 4.79 Å². The molecule has 0 N–H and O–H groups in total. The van der Waals surface area contributed by atoms with Gasteiger partial charge < -0.3 is 9.64 Å². The van der Waals surface area contributed by atoms with Crippen LogP contribution in [0.25, 0.3) is 0 Å². The van der Waals surface area contributed by atoms with Crippen molar-refractivity contribution in [3.8, 4) is 0 Å². The Balaban J connectivity index is 4.07. The molecule has 0 aliphatic rings. The third kappa shape index (κ3) is 6.83. The van der Waals surface area contributed by atoms with Crippen LogP contribution >= 0.6 is 0 Å². The topological polar surface area (TPSA) is 29.5 Å². The fraction of sp³-hybridized carbons (Fsp3) is 0.923. The van der Waals surface area contributed by atoms with Gasteiger partial charge in [0.05, 0.1) is 5.92 Å². The molecule has 1 unspecified atom stereocenters. The van der Waals surface area contributed by atoms with Crippen molar-refractivity contribution in [3.05, 3.63) is 0 Å². The van der Waals surface area contributed by atoms with Crippen LogP contribution in [0.2, 0.25) is 0 Å². The van der Waals surface area contributed by atoms with E-state index < -0.39 is 0 Å². The molecular weight excluding hydrogens is 202 g/mol. The molecule has 0 saturated carbocycles. The Morgan fingerprint density at radius 3 is 2.12 bits per heavy atom. The van der Waals surface area contributed by atoms with E-state index in [1.54, 1.807) is 0 Å². The van der Waals surface area contributed by atoms with E-state index in [4.69, 9.17) is 4.74 Å². The third-order valence-corrected chi connectivity index (χ3v) is 2.62. The molecule has 0 spiro atoms. The van der Waals surface area contributed by atoms with Gasteiger partial charge in [0, 0.05) is 6.54 Å². The summed E-state index contributed by atoms with van der Waals surface area (Å²) in [6.45, 7) is 9.73.